The molecule has 39 heavy (non-hydrogen) atoms. The first-order valence-corrected chi connectivity index (χ1v) is 16.0. The van der Waals surface area contributed by atoms with E-state index in [0.717, 1.165) is 48.2 Å². The first kappa shape index (κ1) is 30.4. The third-order valence-corrected chi connectivity index (χ3v) is 10.1. The highest BCUT2D eigenvalue weighted by atomic mass is 35.5. The van der Waals surface area contributed by atoms with E-state index in [9.17, 15) is 13.0 Å². The second-order valence-corrected chi connectivity index (χ2v) is 13.0. The van der Waals surface area contributed by atoms with Gasteiger partial charge in [-0.2, -0.15) is 0 Å². The molecule has 1 N–H and O–H groups in total. The molecule has 0 aliphatic carbocycles. The largest absolute Gasteiger partial charge is 0.748 e. The summed E-state index contributed by atoms with van der Waals surface area (Å²) in [5.74, 6) is 0.908. The molecule has 2 aliphatic rings. The monoisotopic (exact) mass is 632 g/mol. The minimum absolute atomic E-state index is 0.0630. The van der Waals surface area contributed by atoms with Crippen LogP contribution in [0.25, 0.3) is 0 Å². The van der Waals surface area contributed by atoms with Gasteiger partial charge in [-0.1, -0.05) is 52.1 Å². The summed E-state index contributed by atoms with van der Waals surface area (Å²) in [7, 11) is -4.39. The van der Waals surface area contributed by atoms with Crippen LogP contribution in [0, 0.1) is 0 Å². The summed E-state index contributed by atoms with van der Waals surface area (Å²) in [6.45, 7) is 10.3. The second-order valence-electron chi connectivity index (χ2n) is 9.61. The van der Waals surface area contributed by atoms with E-state index in [4.69, 9.17) is 46.4 Å². The maximum Gasteiger partial charge on any atom is 0.172 e. The highest BCUT2D eigenvalue weighted by Crippen LogP contribution is 2.45. The van der Waals surface area contributed by atoms with E-state index in [2.05, 4.69) is 41.2 Å². The molecule has 3 atom stereocenters. The van der Waals surface area contributed by atoms with Crippen LogP contribution in [0.3, 0.4) is 0 Å². The van der Waals surface area contributed by atoms with Gasteiger partial charge in [-0.3, -0.25) is 4.90 Å². The van der Waals surface area contributed by atoms with Gasteiger partial charge in [0.2, 0.25) is 0 Å². The quantitative estimate of drug-likeness (QED) is 0.267. The fourth-order valence-electron chi connectivity index (χ4n) is 5.39. The maximum atomic E-state index is 11.6. The van der Waals surface area contributed by atoms with Gasteiger partial charge >= 0.3 is 0 Å². The van der Waals surface area contributed by atoms with Gasteiger partial charge in [-0.25, -0.2) is 8.42 Å². The molecule has 212 valence electrons. The average molecular weight is 634 g/mol. The van der Waals surface area contributed by atoms with Crippen molar-refractivity contribution in [1.29, 1.82) is 0 Å². The number of quaternary nitrogens is 1. The van der Waals surface area contributed by atoms with Gasteiger partial charge in [0.15, 0.2) is 17.7 Å². The molecule has 2 heterocycles. The lowest BCUT2D eigenvalue weighted by atomic mass is 10.2. The standard InChI is InChI=1S/C27H32Cl4N4O3S/c1-5-32-22-13-18(28)19(29)14-23(22)33(6-2)26(32)9-8-10-27-34(7-3)24-15-20(30)21(31)16-25(24)35(27)12-11-17(4)39(36,37)38/h8,13-17,27H,5-7,10-12H2,1-4H3,(H,36,37,38). The van der Waals surface area contributed by atoms with E-state index < -0.39 is 15.4 Å². The van der Waals surface area contributed by atoms with Crippen molar-refractivity contribution < 1.29 is 17.9 Å². The van der Waals surface area contributed by atoms with Crippen molar-refractivity contribution in [2.45, 2.75) is 52.0 Å². The number of anilines is 3. The van der Waals surface area contributed by atoms with Crippen LogP contribution in [0.2, 0.25) is 20.1 Å². The summed E-state index contributed by atoms with van der Waals surface area (Å²) in [4.78, 5) is 7.63. The number of hydrogen-bond acceptors (Lipinski definition) is 6. The average Bonchev–Trinajstić information content (AvgIpc) is 3.32. The summed E-state index contributed by atoms with van der Waals surface area (Å²) in [6.07, 6.45) is 2.77. The van der Waals surface area contributed by atoms with E-state index in [0.29, 0.717) is 33.1 Å². The molecule has 0 amide bonds. The van der Waals surface area contributed by atoms with Crippen molar-refractivity contribution in [3.63, 3.8) is 0 Å². The van der Waals surface area contributed by atoms with Gasteiger partial charge in [0.1, 0.15) is 5.69 Å². The summed E-state index contributed by atoms with van der Waals surface area (Å²) < 4.78 is 34.8. The van der Waals surface area contributed by atoms with Gasteiger partial charge in [0.05, 0.1) is 48.1 Å². The van der Waals surface area contributed by atoms with Crippen LogP contribution < -0.4 is 19.6 Å². The molecule has 0 bridgehead atoms. The first-order valence-electron chi connectivity index (χ1n) is 13.0. The zero-order valence-corrected chi connectivity index (χ0v) is 26.1. The molecule has 2 aliphatic heterocycles. The SMILES string of the molecule is CCN1C(=C=CCC2N(CCC(C)S(=O)(=O)[O-])c3cc(Cl)c(Cl)cc3[NH+]2CC)N(CC)c2cc(Cl)c(Cl)cc21. The Hall–Kier alpha value is -1.61. The summed E-state index contributed by atoms with van der Waals surface area (Å²) in [6, 6.07) is 7.47. The van der Waals surface area contributed by atoms with Crippen molar-refractivity contribution >= 4 is 79.3 Å². The number of nitrogens with one attached hydrogen (secondary N) is 1. The third-order valence-electron chi connectivity index (χ3n) is 7.44. The number of nitrogens with zero attached hydrogens (tertiary/aromatic N) is 3. The summed E-state index contributed by atoms with van der Waals surface area (Å²) in [5, 5.41) is 0.900. The first-order chi connectivity index (χ1) is 18.4. The van der Waals surface area contributed by atoms with E-state index in [-0.39, 0.29) is 12.6 Å². The van der Waals surface area contributed by atoms with Crippen LogP contribution in [-0.4, -0.2) is 50.6 Å². The van der Waals surface area contributed by atoms with E-state index in [1.54, 1.807) is 0 Å². The van der Waals surface area contributed by atoms with E-state index >= 15 is 0 Å². The zero-order valence-electron chi connectivity index (χ0n) is 22.3. The molecular weight excluding hydrogens is 602 g/mol. The lowest BCUT2D eigenvalue weighted by Crippen LogP contribution is -3.11. The number of halogens is 4. The molecule has 0 saturated carbocycles. The van der Waals surface area contributed by atoms with Crippen molar-refractivity contribution in [2.24, 2.45) is 0 Å². The van der Waals surface area contributed by atoms with Gasteiger partial charge in [-0.05, 0) is 58.4 Å². The van der Waals surface area contributed by atoms with Crippen LogP contribution in [-0.2, 0) is 10.1 Å². The van der Waals surface area contributed by atoms with Crippen molar-refractivity contribution in [1.82, 2.24) is 0 Å². The molecule has 0 spiro atoms. The Bertz CT molecular complexity index is 1390. The van der Waals surface area contributed by atoms with Crippen LogP contribution in [0.4, 0.5) is 22.7 Å². The minimum Gasteiger partial charge on any atom is -0.748 e. The number of benzene rings is 2. The smallest absolute Gasteiger partial charge is 0.172 e. The maximum absolute atomic E-state index is 11.6. The molecule has 2 aromatic carbocycles. The molecule has 2 aromatic rings. The normalized spacial score (nSPS) is 19.3. The molecule has 4 rings (SSSR count). The molecule has 7 nitrogen and oxygen atoms in total. The Morgan fingerprint density at radius 3 is 1.95 bits per heavy atom. The number of fused-ring (bicyclic) bond motifs is 2. The summed E-state index contributed by atoms with van der Waals surface area (Å²) >= 11 is 25.4. The fourth-order valence-corrected chi connectivity index (χ4v) is 6.43. The van der Waals surface area contributed by atoms with Crippen LogP contribution >= 0.6 is 46.4 Å². The number of rotatable bonds is 9. The second kappa shape index (κ2) is 12.1. The Labute approximate surface area is 250 Å². The van der Waals surface area contributed by atoms with Crippen LogP contribution in [0.5, 0.6) is 0 Å². The van der Waals surface area contributed by atoms with Gasteiger partial charge < -0.3 is 19.3 Å². The lowest BCUT2D eigenvalue weighted by Gasteiger charge is -2.28. The Balaban J connectivity index is 1.70. The van der Waals surface area contributed by atoms with E-state index in [1.807, 2.05) is 30.3 Å². The summed E-state index contributed by atoms with van der Waals surface area (Å²) in [5.41, 5.74) is 7.38. The van der Waals surface area contributed by atoms with Crippen molar-refractivity contribution in [3.8, 4) is 0 Å². The fraction of sp³-hybridized carbons (Fsp3) is 0.444. The van der Waals surface area contributed by atoms with Crippen LogP contribution in [0.15, 0.2) is 41.9 Å². The lowest BCUT2D eigenvalue weighted by molar-refractivity contribution is -0.851. The van der Waals surface area contributed by atoms with Crippen molar-refractivity contribution in [3.05, 3.63) is 62.0 Å². The van der Waals surface area contributed by atoms with Crippen LogP contribution in [0.1, 0.15) is 40.5 Å². The third kappa shape index (κ3) is 5.90. The van der Waals surface area contributed by atoms with Gasteiger partial charge in [-0.15, -0.1) is 0 Å². The highest BCUT2D eigenvalue weighted by molar-refractivity contribution is 7.86. The molecule has 0 radical (unpaired) electrons. The molecular formula is C27H32Cl4N4O3S. The molecule has 0 saturated heterocycles. The van der Waals surface area contributed by atoms with Gasteiger partial charge in [0, 0.05) is 37.4 Å². The number of hydrogen-bond donors (Lipinski definition) is 1. The van der Waals surface area contributed by atoms with Gasteiger partial charge in [0.25, 0.3) is 0 Å². The van der Waals surface area contributed by atoms with Crippen molar-refractivity contribution in [2.75, 3.05) is 40.9 Å². The Morgan fingerprint density at radius 2 is 1.46 bits per heavy atom. The Kier molecular flexibility index (Phi) is 9.41. The predicted octanol–water partition coefficient (Wildman–Crippen LogP) is 6.06. The predicted molar refractivity (Wildman–Crippen MR) is 161 cm³/mol. The molecule has 3 unspecified atom stereocenters. The Morgan fingerprint density at radius 1 is 0.949 bits per heavy atom. The molecule has 0 aromatic heterocycles. The topological polar surface area (TPSA) is 71.4 Å². The highest BCUT2D eigenvalue weighted by Gasteiger charge is 2.40. The van der Waals surface area contributed by atoms with E-state index in [1.165, 1.54) is 11.8 Å². The molecule has 12 heteroatoms. The minimum atomic E-state index is -4.39. The molecule has 0 fully saturated rings. The zero-order chi connectivity index (χ0) is 28.6.